The highest BCUT2D eigenvalue weighted by Crippen LogP contribution is 2.34. The van der Waals surface area contributed by atoms with Crippen LogP contribution in [0.3, 0.4) is 0 Å². The van der Waals surface area contributed by atoms with E-state index in [0.717, 1.165) is 27.8 Å². The van der Waals surface area contributed by atoms with Crippen LogP contribution >= 0.6 is 0 Å². The molecule has 281 valence electrons. The second kappa shape index (κ2) is 20.3. The molecule has 0 amide bonds. The Balaban J connectivity index is 0.000000363. The Morgan fingerprint density at radius 1 is 0.731 bits per heavy atom. The molecule has 52 heavy (non-hydrogen) atoms. The van der Waals surface area contributed by atoms with Gasteiger partial charge in [0.05, 0.1) is 0 Å². The zero-order valence-corrected chi connectivity index (χ0v) is 37.6. The molecule has 0 saturated heterocycles. The molecule has 0 aliphatic heterocycles. The molecule has 0 aromatic heterocycles. The molecule has 0 N–H and O–H groups in total. The number of esters is 1. The molecular formula is C39H57O8Si5. The Hall–Kier alpha value is -3.23. The molecule has 0 bridgehead atoms. The van der Waals surface area contributed by atoms with Crippen LogP contribution in [0.15, 0.2) is 128 Å². The van der Waals surface area contributed by atoms with E-state index in [1.54, 1.807) is 21.1 Å². The number of ether oxygens (including phenoxy) is 2. The molecule has 13 heteroatoms. The largest absolute Gasteiger partial charge is 0.513 e. The smallest absolute Gasteiger partial charge is 0.457 e. The van der Waals surface area contributed by atoms with Crippen molar-refractivity contribution in [1.82, 2.24) is 0 Å². The number of rotatable bonds is 19. The van der Waals surface area contributed by atoms with Crippen molar-refractivity contribution in [3.63, 3.8) is 0 Å². The summed E-state index contributed by atoms with van der Waals surface area (Å²) in [5.41, 5.74) is 7.32. The van der Waals surface area contributed by atoms with Crippen molar-refractivity contribution in [2.75, 3.05) is 14.2 Å². The Kier molecular flexibility index (Phi) is 17.5. The van der Waals surface area contributed by atoms with Crippen LogP contribution in [0, 0.1) is 0 Å². The molecule has 1 atom stereocenters. The number of carbonyl (C=O) groups excluding carboxylic acids is 1. The van der Waals surface area contributed by atoms with Crippen LogP contribution in [0.2, 0.25) is 39.3 Å². The number of benzene rings is 3. The lowest BCUT2D eigenvalue weighted by Crippen LogP contribution is -2.68. The maximum Gasteiger partial charge on any atom is 0.513 e. The summed E-state index contributed by atoms with van der Waals surface area (Å²) in [5, 5.41) is 1.08. The van der Waals surface area contributed by atoms with E-state index in [4.69, 9.17) is 30.7 Å². The zero-order valence-electron chi connectivity index (χ0n) is 32.6. The standard InChI is InChI=1S/C20H19O3Si.C19H38O5Si4/c1-21-24(22-2)18-14-12-16(13-15-18)19-10-6-7-11-20(19)23-17-8-4-3-5-9-17;1-13-18(21-19(20)17(5)6)28(22-25(7,8)14-2,23-26(9,10)15-3)24-27(11,12)16-4/h3-15H,1-2H3;14-16,18H,2-5,13H2,1,6-12H3. The first-order chi connectivity index (χ1) is 24.4. The van der Waals surface area contributed by atoms with E-state index in [-0.39, 0.29) is 0 Å². The summed E-state index contributed by atoms with van der Waals surface area (Å²) in [6, 6.07) is 26.1. The highest BCUT2D eigenvalue weighted by Gasteiger charge is 2.58. The number of hydrogen-bond acceptors (Lipinski definition) is 8. The molecule has 0 spiro atoms. The molecule has 0 aliphatic carbocycles. The van der Waals surface area contributed by atoms with Crippen molar-refractivity contribution in [2.24, 2.45) is 0 Å². The van der Waals surface area contributed by atoms with Crippen molar-refractivity contribution in [2.45, 2.75) is 65.3 Å². The highest BCUT2D eigenvalue weighted by molar-refractivity contribution is 6.94. The van der Waals surface area contributed by atoms with Crippen LogP contribution < -0.4 is 9.92 Å². The minimum atomic E-state index is -3.52. The third kappa shape index (κ3) is 13.6. The number of carbonyl (C=O) groups is 1. The predicted molar refractivity (Wildman–Crippen MR) is 225 cm³/mol. The maximum atomic E-state index is 12.4. The monoisotopic (exact) mass is 793 g/mol. The van der Waals surface area contributed by atoms with Crippen molar-refractivity contribution in [1.29, 1.82) is 0 Å². The van der Waals surface area contributed by atoms with Gasteiger partial charge in [-0.25, -0.2) is 4.79 Å². The van der Waals surface area contributed by atoms with Gasteiger partial charge in [0.2, 0.25) is 25.0 Å². The molecule has 0 heterocycles. The van der Waals surface area contributed by atoms with Crippen molar-refractivity contribution in [3.05, 3.63) is 128 Å². The van der Waals surface area contributed by atoms with Gasteiger partial charge in [-0.15, -0.1) is 19.7 Å². The third-order valence-electron chi connectivity index (χ3n) is 7.71. The van der Waals surface area contributed by atoms with Gasteiger partial charge in [0, 0.05) is 25.4 Å². The van der Waals surface area contributed by atoms with Gasteiger partial charge in [-0.05, 0) is 81.6 Å². The lowest BCUT2D eigenvalue weighted by atomic mass is 10.0. The second-order valence-corrected chi connectivity index (χ2v) is 30.7. The average Bonchev–Trinajstić information content (AvgIpc) is 3.11. The first kappa shape index (κ1) is 44.9. The fourth-order valence-electron chi connectivity index (χ4n) is 4.63. The Morgan fingerprint density at radius 2 is 1.19 bits per heavy atom. The summed E-state index contributed by atoms with van der Waals surface area (Å²) in [6.07, 6.45) is 0.496. The molecule has 3 aromatic rings. The molecule has 3 aromatic carbocycles. The lowest BCUT2D eigenvalue weighted by Gasteiger charge is -2.45. The van der Waals surface area contributed by atoms with Gasteiger partial charge >= 0.3 is 24.1 Å². The van der Waals surface area contributed by atoms with E-state index in [2.05, 4.69) is 56.6 Å². The van der Waals surface area contributed by atoms with Gasteiger partial charge in [0.1, 0.15) is 11.5 Å². The summed E-state index contributed by atoms with van der Waals surface area (Å²) < 4.78 is 42.6. The molecule has 0 fully saturated rings. The quantitative estimate of drug-likeness (QED) is 0.0675. The zero-order chi connectivity index (χ0) is 39.2. The van der Waals surface area contributed by atoms with E-state index < -0.39 is 54.7 Å². The van der Waals surface area contributed by atoms with Crippen LogP contribution in [0.1, 0.15) is 20.3 Å². The molecule has 3 rings (SSSR count). The molecule has 8 nitrogen and oxygen atoms in total. The summed E-state index contributed by atoms with van der Waals surface area (Å²) in [5.74, 6) is 1.18. The van der Waals surface area contributed by atoms with Crippen LogP contribution in [0.4, 0.5) is 0 Å². The van der Waals surface area contributed by atoms with E-state index >= 15 is 0 Å². The molecule has 0 saturated carbocycles. The average molecular weight is 794 g/mol. The van der Waals surface area contributed by atoms with Gasteiger partial charge < -0.3 is 30.7 Å². The lowest BCUT2D eigenvalue weighted by molar-refractivity contribution is -0.143. The number of para-hydroxylation sites is 2. The van der Waals surface area contributed by atoms with Gasteiger partial charge in [-0.2, -0.15) is 0 Å². The minimum Gasteiger partial charge on any atom is -0.457 e. The Labute approximate surface area is 318 Å². The SMILES string of the molecule is C=C[Si](C)(C)O[Si](O[Si](C)(C)C=C)(O[Si](C)(C)C=C)C(CC)OC(=O)C(=C)C.CO[Si](OC)c1ccc(-c2ccccc2Oc2ccccc2)cc1. The second-order valence-electron chi connectivity index (χ2n) is 13.6. The number of hydrogen-bond donors (Lipinski definition) is 0. The molecule has 1 radical (unpaired) electrons. The first-order valence-corrected chi connectivity index (χ1v) is 29.2. The summed E-state index contributed by atoms with van der Waals surface area (Å²) in [4.78, 5) is 12.4. The Bertz CT molecular complexity index is 1570. The summed E-state index contributed by atoms with van der Waals surface area (Å²) in [7, 11) is -8.62. The van der Waals surface area contributed by atoms with Crippen LogP contribution in [-0.2, 0) is 30.7 Å². The summed E-state index contributed by atoms with van der Waals surface area (Å²) in [6.45, 7) is 31.2. The highest BCUT2D eigenvalue weighted by atomic mass is 28.5. The van der Waals surface area contributed by atoms with Gasteiger partial charge in [0.25, 0.3) is 0 Å². The van der Waals surface area contributed by atoms with Gasteiger partial charge in [0.15, 0.2) is 5.73 Å². The van der Waals surface area contributed by atoms with Crippen LogP contribution in [-0.4, -0.2) is 69.0 Å². The topological polar surface area (TPSA) is 81.7 Å². The fraction of sp³-hybridized carbons (Fsp3) is 0.308. The first-order valence-electron chi connectivity index (χ1n) is 17.2. The fourth-order valence-corrected chi connectivity index (χ4v) is 19.5. The third-order valence-corrected chi connectivity index (χ3v) is 23.3. The van der Waals surface area contributed by atoms with E-state index in [9.17, 15) is 4.79 Å². The van der Waals surface area contributed by atoms with E-state index in [0.29, 0.717) is 12.0 Å². The Morgan fingerprint density at radius 3 is 1.62 bits per heavy atom. The van der Waals surface area contributed by atoms with Crippen molar-refractivity contribution >= 4 is 54.2 Å². The van der Waals surface area contributed by atoms with Gasteiger partial charge in [-0.1, -0.05) is 91.3 Å². The molecular weight excluding hydrogens is 737 g/mol. The van der Waals surface area contributed by atoms with Crippen molar-refractivity contribution in [3.8, 4) is 22.6 Å². The summed E-state index contributed by atoms with van der Waals surface area (Å²) >= 11 is 0. The van der Waals surface area contributed by atoms with Gasteiger partial charge in [-0.3, -0.25) is 0 Å². The molecule has 0 aliphatic rings. The van der Waals surface area contributed by atoms with E-state index in [1.165, 1.54) is 0 Å². The van der Waals surface area contributed by atoms with Crippen molar-refractivity contribution < 1.29 is 35.5 Å². The van der Waals surface area contributed by atoms with E-state index in [1.807, 2.05) is 112 Å². The molecule has 1 unspecified atom stereocenters. The maximum absolute atomic E-state index is 12.4. The normalized spacial score (nSPS) is 12.6. The van der Waals surface area contributed by atoms with Crippen LogP contribution in [0.25, 0.3) is 11.1 Å². The van der Waals surface area contributed by atoms with Crippen LogP contribution in [0.5, 0.6) is 11.5 Å². The predicted octanol–water partition coefficient (Wildman–Crippen LogP) is 9.34. The minimum absolute atomic E-state index is 0.321.